The smallest absolute Gasteiger partial charge is 0.475 e. The zero-order valence-corrected chi connectivity index (χ0v) is 16.7. The minimum absolute atomic E-state index is 0.0190. The van der Waals surface area contributed by atoms with Gasteiger partial charge in [-0.1, -0.05) is 0 Å². The molecule has 3 saturated heterocycles. The predicted octanol–water partition coefficient (Wildman–Crippen LogP) is 3.09. The van der Waals surface area contributed by atoms with Gasteiger partial charge in [0.2, 0.25) is 0 Å². The molecule has 10 heteroatoms. The van der Waals surface area contributed by atoms with Crippen molar-refractivity contribution >= 4 is 5.97 Å². The van der Waals surface area contributed by atoms with Crippen LogP contribution in [0.2, 0.25) is 0 Å². The number of nitrogens with zero attached hydrogens (tertiary/aromatic N) is 1. The van der Waals surface area contributed by atoms with Gasteiger partial charge in [-0.05, 0) is 37.3 Å². The second-order valence-electron chi connectivity index (χ2n) is 8.06. The Bertz CT molecular complexity index is 654. The normalized spacial score (nSPS) is 24.7. The molecule has 7 nitrogen and oxygen atoms in total. The van der Waals surface area contributed by atoms with Crippen LogP contribution in [0, 0.1) is 5.92 Å². The van der Waals surface area contributed by atoms with Crippen molar-refractivity contribution in [2.24, 2.45) is 5.92 Å². The fourth-order valence-electron chi connectivity index (χ4n) is 4.03. The Hall–Kier alpha value is -1.62. The summed E-state index contributed by atoms with van der Waals surface area (Å²) in [5.41, 5.74) is 0.0190. The zero-order chi connectivity index (χ0) is 21.6. The maximum absolute atomic E-state index is 10.6. The lowest BCUT2D eigenvalue weighted by atomic mass is 9.84. The number of carboxylic acid groups (broad SMARTS) is 1. The molecule has 0 bridgehead atoms. The van der Waals surface area contributed by atoms with E-state index in [9.17, 15) is 13.2 Å². The van der Waals surface area contributed by atoms with Crippen LogP contribution in [0.3, 0.4) is 0 Å². The van der Waals surface area contributed by atoms with Crippen LogP contribution in [-0.4, -0.2) is 73.4 Å². The Labute approximate surface area is 173 Å². The molecule has 0 aromatic carbocycles. The van der Waals surface area contributed by atoms with Crippen LogP contribution < -0.4 is 0 Å². The van der Waals surface area contributed by atoms with Crippen molar-refractivity contribution in [3.63, 3.8) is 0 Å². The summed E-state index contributed by atoms with van der Waals surface area (Å²) >= 11 is 0. The first-order chi connectivity index (χ1) is 14.3. The monoisotopic (exact) mass is 435 g/mol. The lowest BCUT2D eigenvalue weighted by Crippen LogP contribution is -2.65. The van der Waals surface area contributed by atoms with Gasteiger partial charge in [-0.25, -0.2) is 4.79 Å². The Morgan fingerprint density at radius 1 is 1.23 bits per heavy atom. The van der Waals surface area contributed by atoms with E-state index in [4.69, 9.17) is 28.5 Å². The summed E-state index contributed by atoms with van der Waals surface area (Å²) in [6.07, 6.45) is 1.37. The number of hydrogen-bond acceptors (Lipinski definition) is 6. The van der Waals surface area contributed by atoms with Crippen molar-refractivity contribution in [2.45, 2.75) is 50.1 Å². The highest BCUT2D eigenvalue weighted by atomic mass is 19.4. The van der Waals surface area contributed by atoms with E-state index in [2.05, 4.69) is 4.90 Å². The molecule has 3 fully saturated rings. The number of carboxylic acids is 1. The van der Waals surface area contributed by atoms with Crippen LogP contribution in [0.25, 0.3) is 0 Å². The fraction of sp³-hybridized carbons (Fsp3) is 0.750. The average Bonchev–Trinajstić information content (AvgIpc) is 3.19. The second kappa shape index (κ2) is 10.1. The van der Waals surface area contributed by atoms with Crippen LogP contribution in [0.4, 0.5) is 13.2 Å². The fourth-order valence-corrected chi connectivity index (χ4v) is 4.03. The number of carbonyl (C=O) groups is 1. The third-order valence-electron chi connectivity index (χ3n) is 5.58. The van der Waals surface area contributed by atoms with E-state index in [1.807, 2.05) is 12.1 Å². The van der Waals surface area contributed by atoms with E-state index in [0.717, 1.165) is 77.5 Å². The Kier molecular flexibility index (Phi) is 7.78. The number of aliphatic carboxylic acids is 1. The van der Waals surface area contributed by atoms with Crippen LogP contribution in [-0.2, 0) is 25.5 Å². The van der Waals surface area contributed by atoms with Crippen LogP contribution in [0.5, 0.6) is 0 Å². The van der Waals surface area contributed by atoms with Crippen molar-refractivity contribution in [1.29, 1.82) is 0 Å². The summed E-state index contributed by atoms with van der Waals surface area (Å²) in [4.78, 5) is 11.3. The molecule has 1 N–H and O–H groups in total. The standard InChI is InChI=1S/C18H27NO4.C2HF3O2/c1-2-17(21-6-1)11-19-13-18(14-19)10-16(5-9-23-18)22-12-15-3-7-20-8-4-15;3-2(4,5)1(6)7/h1-2,6,15-16H,3-5,7-14H2;(H,6,7). The molecular weight excluding hydrogens is 407 g/mol. The SMILES string of the molecule is O=C(O)C(F)(F)F.c1coc(CN2CC3(CC(OCC4CCOCC4)CCO3)C2)c1. The van der Waals surface area contributed by atoms with Crippen LogP contribution in [0.1, 0.15) is 31.4 Å². The highest BCUT2D eigenvalue weighted by Gasteiger charge is 2.47. The Morgan fingerprint density at radius 2 is 1.93 bits per heavy atom. The Balaban J connectivity index is 0.000000318. The van der Waals surface area contributed by atoms with E-state index in [-0.39, 0.29) is 5.60 Å². The topological polar surface area (TPSA) is 81.4 Å². The molecule has 4 heterocycles. The van der Waals surface area contributed by atoms with Crippen molar-refractivity contribution in [2.75, 3.05) is 39.5 Å². The molecule has 1 unspecified atom stereocenters. The molecule has 3 aliphatic heterocycles. The van der Waals surface area contributed by atoms with Gasteiger partial charge in [0.15, 0.2) is 0 Å². The minimum Gasteiger partial charge on any atom is -0.475 e. The Morgan fingerprint density at radius 3 is 2.53 bits per heavy atom. The molecule has 0 aliphatic carbocycles. The van der Waals surface area contributed by atoms with E-state index in [0.29, 0.717) is 12.0 Å². The molecule has 1 atom stereocenters. The maximum atomic E-state index is 10.6. The number of halogens is 3. The van der Waals surface area contributed by atoms with Gasteiger partial charge in [-0.15, -0.1) is 0 Å². The van der Waals surface area contributed by atoms with Gasteiger partial charge in [0.25, 0.3) is 0 Å². The summed E-state index contributed by atoms with van der Waals surface area (Å²) < 4.78 is 54.9. The van der Waals surface area contributed by atoms with Gasteiger partial charge in [0, 0.05) is 45.9 Å². The average molecular weight is 435 g/mol. The third-order valence-corrected chi connectivity index (χ3v) is 5.58. The summed E-state index contributed by atoms with van der Waals surface area (Å²) in [7, 11) is 0. The molecule has 1 spiro atoms. The molecular formula is C20H28F3NO6. The van der Waals surface area contributed by atoms with Crippen LogP contribution >= 0.6 is 0 Å². The van der Waals surface area contributed by atoms with Crippen molar-refractivity contribution in [3.8, 4) is 0 Å². The first-order valence-electron chi connectivity index (χ1n) is 10.1. The van der Waals surface area contributed by atoms with Crippen molar-refractivity contribution in [3.05, 3.63) is 24.2 Å². The molecule has 0 amide bonds. The van der Waals surface area contributed by atoms with E-state index in [1.165, 1.54) is 0 Å². The molecule has 170 valence electrons. The zero-order valence-electron chi connectivity index (χ0n) is 16.7. The third kappa shape index (κ3) is 6.69. The number of likely N-dealkylation sites (tertiary alicyclic amines) is 1. The summed E-state index contributed by atoms with van der Waals surface area (Å²) in [5, 5.41) is 7.12. The highest BCUT2D eigenvalue weighted by molar-refractivity contribution is 5.73. The molecule has 1 aromatic rings. The van der Waals surface area contributed by atoms with Gasteiger partial charge in [0.1, 0.15) is 5.76 Å². The van der Waals surface area contributed by atoms with E-state index in [1.54, 1.807) is 6.26 Å². The number of alkyl halides is 3. The highest BCUT2D eigenvalue weighted by Crippen LogP contribution is 2.36. The minimum atomic E-state index is -5.08. The molecule has 0 saturated carbocycles. The van der Waals surface area contributed by atoms with Crippen molar-refractivity contribution < 1.29 is 41.7 Å². The first kappa shape index (κ1) is 23.1. The summed E-state index contributed by atoms with van der Waals surface area (Å²) in [6.45, 7) is 6.37. The van der Waals surface area contributed by atoms with Gasteiger partial charge in [-0.3, -0.25) is 4.90 Å². The van der Waals surface area contributed by atoms with Gasteiger partial charge in [0.05, 0.1) is 24.5 Å². The van der Waals surface area contributed by atoms with Crippen LogP contribution in [0.15, 0.2) is 22.8 Å². The molecule has 3 aliphatic rings. The largest absolute Gasteiger partial charge is 0.490 e. The quantitative estimate of drug-likeness (QED) is 0.761. The van der Waals surface area contributed by atoms with Gasteiger partial charge < -0.3 is 23.7 Å². The second-order valence-corrected chi connectivity index (χ2v) is 8.06. The number of ether oxygens (including phenoxy) is 3. The first-order valence-corrected chi connectivity index (χ1v) is 10.1. The van der Waals surface area contributed by atoms with Gasteiger partial charge >= 0.3 is 12.1 Å². The molecule has 30 heavy (non-hydrogen) atoms. The van der Waals surface area contributed by atoms with Gasteiger partial charge in [-0.2, -0.15) is 13.2 Å². The maximum Gasteiger partial charge on any atom is 0.490 e. The lowest BCUT2D eigenvalue weighted by Gasteiger charge is -2.53. The molecule has 0 radical (unpaired) electrons. The number of rotatable bonds is 5. The van der Waals surface area contributed by atoms with E-state index >= 15 is 0 Å². The molecule has 4 rings (SSSR count). The lowest BCUT2D eigenvalue weighted by molar-refractivity contribution is -0.201. The van der Waals surface area contributed by atoms with Crippen molar-refractivity contribution in [1.82, 2.24) is 4.90 Å². The predicted molar refractivity (Wildman–Crippen MR) is 98.9 cm³/mol. The number of hydrogen-bond donors (Lipinski definition) is 1. The summed E-state index contributed by atoms with van der Waals surface area (Å²) in [6, 6.07) is 3.98. The number of furan rings is 1. The van der Waals surface area contributed by atoms with E-state index < -0.39 is 12.1 Å². The molecule has 1 aromatic heterocycles. The summed E-state index contributed by atoms with van der Waals surface area (Å²) in [5.74, 6) is -1.05.